The third-order valence-corrected chi connectivity index (χ3v) is 3.91. The van der Waals surface area contributed by atoms with Crippen LogP contribution in [0.5, 0.6) is 5.75 Å². The van der Waals surface area contributed by atoms with Crippen LogP contribution in [0.4, 0.5) is 0 Å². The van der Waals surface area contributed by atoms with Gasteiger partial charge in [0.05, 0.1) is 7.11 Å². The molecule has 1 atom stereocenters. The second kappa shape index (κ2) is 8.98. The lowest BCUT2D eigenvalue weighted by atomic mass is 9.91. The predicted molar refractivity (Wildman–Crippen MR) is 82.9 cm³/mol. The van der Waals surface area contributed by atoms with Crippen molar-refractivity contribution < 1.29 is 4.74 Å². The van der Waals surface area contributed by atoms with E-state index in [0.29, 0.717) is 6.04 Å². The maximum Gasteiger partial charge on any atom is 0.118 e. The van der Waals surface area contributed by atoms with Crippen molar-refractivity contribution in [3.63, 3.8) is 0 Å². The number of hydrogen-bond donors (Lipinski definition) is 1. The first-order valence-electron chi connectivity index (χ1n) is 7.59. The Labute approximate surface area is 118 Å². The smallest absolute Gasteiger partial charge is 0.118 e. The molecule has 0 saturated heterocycles. The van der Waals surface area contributed by atoms with E-state index in [1.807, 2.05) is 0 Å². The summed E-state index contributed by atoms with van der Waals surface area (Å²) in [4.78, 5) is 0. The summed E-state index contributed by atoms with van der Waals surface area (Å²) < 4.78 is 5.21. The van der Waals surface area contributed by atoms with Gasteiger partial charge in [-0.05, 0) is 43.0 Å². The molecule has 1 N–H and O–H groups in total. The molecule has 0 fully saturated rings. The van der Waals surface area contributed by atoms with Crippen molar-refractivity contribution in [1.29, 1.82) is 0 Å². The number of methoxy groups -OCH3 is 1. The third kappa shape index (κ3) is 5.65. The average Bonchev–Trinajstić information content (AvgIpc) is 2.45. The number of nitrogens with one attached hydrogen (secondary N) is 1. The molecular formula is C17H29NO. The molecule has 2 heteroatoms. The Bertz CT molecular complexity index is 330. The SMILES string of the molecule is CCNC(Cc1ccc(OC)cc1)CC(CC)CC. The molecule has 0 amide bonds. The number of rotatable bonds is 9. The van der Waals surface area contributed by atoms with Crippen molar-refractivity contribution in [2.45, 2.75) is 52.5 Å². The fourth-order valence-corrected chi connectivity index (χ4v) is 2.60. The maximum atomic E-state index is 5.21. The zero-order chi connectivity index (χ0) is 14.1. The van der Waals surface area contributed by atoms with Crippen LogP contribution in [0.15, 0.2) is 24.3 Å². The van der Waals surface area contributed by atoms with Crippen LogP contribution >= 0.6 is 0 Å². The lowest BCUT2D eigenvalue weighted by Gasteiger charge is -2.23. The summed E-state index contributed by atoms with van der Waals surface area (Å²) in [5.41, 5.74) is 1.39. The summed E-state index contributed by atoms with van der Waals surface area (Å²) in [5, 5.41) is 3.63. The summed E-state index contributed by atoms with van der Waals surface area (Å²) in [5.74, 6) is 1.77. The molecule has 0 aliphatic rings. The van der Waals surface area contributed by atoms with Gasteiger partial charge in [0.25, 0.3) is 0 Å². The largest absolute Gasteiger partial charge is 0.497 e. The predicted octanol–water partition coefficient (Wildman–Crippen LogP) is 4.04. The molecule has 0 spiro atoms. The Kier molecular flexibility index (Phi) is 7.57. The monoisotopic (exact) mass is 263 g/mol. The van der Waals surface area contributed by atoms with Gasteiger partial charge in [0.1, 0.15) is 5.75 Å². The molecular weight excluding hydrogens is 234 g/mol. The zero-order valence-corrected chi connectivity index (χ0v) is 12.9. The van der Waals surface area contributed by atoms with Gasteiger partial charge in [-0.2, -0.15) is 0 Å². The summed E-state index contributed by atoms with van der Waals surface area (Å²) in [7, 11) is 1.71. The van der Waals surface area contributed by atoms with E-state index in [9.17, 15) is 0 Å². The van der Waals surface area contributed by atoms with Gasteiger partial charge in [0, 0.05) is 6.04 Å². The van der Waals surface area contributed by atoms with Crippen LogP contribution < -0.4 is 10.1 Å². The van der Waals surface area contributed by atoms with Crippen molar-refractivity contribution in [2.24, 2.45) is 5.92 Å². The van der Waals surface area contributed by atoms with Gasteiger partial charge in [-0.25, -0.2) is 0 Å². The molecule has 0 heterocycles. The molecule has 108 valence electrons. The highest BCUT2D eigenvalue weighted by molar-refractivity contribution is 5.27. The first-order valence-corrected chi connectivity index (χ1v) is 7.59. The lowest BCUT2D eigenvalue weighted by molar-refractivity contribution is 0.367. The number of ether oxygens (including phenoxy) is 1. The van der Waals surface area contributed by atoms with E-state index < -0.39 is 0 Å². The van der Waals surface area contributed by atoms with Gasteiger partial charge in [0.15, 0.2) is 0 Å². The molecule has 0 bridgehead atoms. The van der Waals surface area contributed by atoms with E-state index in [1.165, 1.54) is 24.8 Å². The summed E-state index contributed by atoms with van der Waals surface area (Å²) >= 11 is 0. The van der Waals surface area contributed by atoms with Crippen LogP contribution in [0, 0.1) is 5.92 Å². The van der Waals surface area contributed by atoms with Gasteiger partial charge in [0.2, 0.25) is 0 Å². The van der Waals surface area contributed by atoms with Crippen molar-refractivity contribution in [3.8, 4) is 5.75 Å². The van der Waals surface area contributed by atoms with Crippen LogP contribution in [0.2, 0.25) is 0 Å². The third-order valence-electron chi connectivity index (χ3n) is 3.91. The summed E-state index contributed by atoms with van der Waals surface area (Å²) in [6, 6.07) is 9.04. The summed E-state index contributed by atoms with van der Waals surface area (Å²) in [6.07, 6.45) is 4.93. The number of likely N-dealkylation sites (N-methyl/N-ethyl adjacent to an activating group) is 1. The first kappa shape index (κ1) is 16.0. The highest BCUT2D eigenvalue weighted by Gasteiger charge is 2.13. The molecule has 0 aliphatic carbocycles. The average molecular weight is 263 g/mol. The molecule has 1 aromatic rings. The van der Waals surface area contributed by atoms with E-state index in [4.69, 9.17) is 4.74 Å². The molecule has 1 rings (SSSR count). The van der Waals surface area contributed by atoms with Crippen LogP contribution in [0.1, 0.15) is 45.6 Å². The molecule has 0 saturated carbocycles. The van der Waals surface area contributed by atoms with E-state index in [2.05, 4.69) is 50.4 Å². The first-order chi connectivity index (χ1) is 9.23. The molecule has 0 aliphatic heterocycles. The van der Waals surface area contributed by atoms with E-state index in [-0.39, 0.29) is 0 Å². The van der Waals surface area contributed by atoms with E-state index >= 15 is 0 Å². The summed E-state index contributed by atoms with van der Waals surface area (Å²) in [6.45, 7) is 7.82. The van der Waals surface area contributed by atoms with Crippen molar-refractivity contribution >= 4 is 0 Å². The topological polar surface area (TPSA) is 21.3 Å². The van der Waals surface area contributed by atoms with E-state index in [1.54, 1.807) is 7.11 Å². The maximum absolute atomic E-state index is 5.21. The van der Waals surface area contributed by atoms with Crippen LogP contribution in [0.25, 0.3) is 0 Å². The van der Waals surface area contributed by atoms with Gasteiger partial charge < -0.3 is 10.1 Å². The second-order valence-electron chi connectivity index (χ2n) is 5.23. The fourth-order valence-electron chi connectivity index (χ4n) is 2.60. The Morgan fingerprint density at radius 2 is 1.68 bits per heavy atom. The minimum absolute atomic E-state index is 0.586. The van der Waals surface area contributed by atoms with Gasteiger partial charge in [-0.1, -0.05) is 45.7 Å². The van der Waals surface area contributed by atoms with Crippen LogP contribution in [-0.4, -0.2) is 19.7 Å². The van der Waals surface area contributed by atoms with Gasteiger partial charge >= 0.3 is 0 Å². The zero-order valence-electron chi connectivity index (χ0n) is 12.9. The van der Waals surface area contributed by atoms with Crippen molar-refractivity contribution in [1.82, 2.24) is 5.32 Å². The molecule has 1 aromatic carbocycles. The number of benzene rings is 1. The standard InChI is InChI=1S/C17H29NO/c1-5-14(6-2)12-16(18-7-3)13-15-8-10-17(19-4)11-9-15/h8-11,14,16,18H,5-7,12-13H2,1-4H3. The van der Waals surface area contributed by atoms with Gasteiger partial charge in [-0.3, -0.25) is 0 Å². The van der Waals surface area contributed by atoms with E-state index in [0.717, 1.165) is 24.6 Å². The number of hydrogen-bond acceptors (Lipinski definition) is 2. The Balaban J connectivity index is 2.60. The highest BCUT2D eigenvalue weighted by atomic mass is 16.5. The second-order valence-corrected chi connectivity index (χ2v) is 5.23. The van der Waals surface area contributed by atoms with Crippen LogP contribution in [-0.2, 0) is 6.42 Å². The molecule has 1 unspecified atom stereocenters. The molecule has 19 heavy (non-hydrogen) atoms. The lowest BCUT2D eigenvalue weighted by Crippen LogP contribution is -2.33. The minimum atomic E-state index is 0.586. The van der Waals surface area contributed by atoms with Gasteiger partial charge in [-0.15, -0.1) is 0 Å². The Hall–Kier alpha value is -1.02. The van der Waals surface area contributed by atoms with Crippen molar-refractivity contribution in [2.75, 3.05) is 13.7 Å². The Morgan fingerprint density at radius 1 is 1.05 bits per heavy atom. The molecule has 0 aromatic heterocycles. The highest BCUT2D eigenvalue weighted by Crippen LogP contribution is 2.19. The normalized spacial score (nSPS) is 12.7. The molecule has 2 nitrogen and oxygen atoms in total. The van der Waals surface area contributed by atoms with Crippen molar-refractivity contribution in [3.05, 3.63) is 29.8 Å². The fraction of sp³-hybridized carbons (Fsp3) is 0.647. The Morgan fingerprint density at radius 3 is 2.16 bits per heavy atom. The molecule has 0 radical (unpaired) electrons. The minimum Gasteiger partial charge on any atom is -0.497 e. The van der Waals surface area contributed by atoms with Crippen LogP contribution in [0.3, 0.4) is 0 Å². The quantitative estimate of drug-likeness (QED) is 0.726.